The summed E-state index contributed by atoms with van der Waals surface area (Å²) in [4.78, 5) is 19.7. The highest BCUT2D eigenvalue weighted by Crippen LogP contribution is 2.19. The first kappa shape index (κ1) is 17.6. The molecule has 8 heteroatoms. The van der Waals surface area contributed by atoms with Crippen molar-refractivity contribution in [2.45, 2.75) is 25.6 Å². The van der Waals surface area contributed by atoms with Gasteiger partial charge in [-0.25, -0.2) is 4.98 Å². The molecule has 0 aliphatic rings. The van der Waals surface area contributed by atoms with Crippen molar-refractivity contribution in [1.29, 1.82) is 0 Å². The average Bonchev–Trinajstić information content (AvgIpc) is 3.18. The van der Waals surface area contributed by atoms with Crippen molar-refractivity contribution in [3.8, 4) is 5.75 Å². The van der Waals surface area contributed by atoms with Crippen molar-refractivity contribution in [3.05, 3.63) is 58.1 Å². The van der Waals surface area contributed by atoms with Gasteiger partial charge in [0.1, 0.15) is 12.4 Å². The molecule has 0 spiro atoms. The minimum absolute atomic E-state index is 0.0515. The maximum absolute atomic E-state index is 12.3. The Hall–Kier alpha value is -2.25. The molecule has 25 heavy (non-hydrogen) atoms. The second kappa shape index (κ2) is 7.76. The highest BCUT2D eigenvalue weighted by atomic mass is 35.5. The normalized spacial score (nSPS) is 10.8. The minimum Gasteiger partial charge on any atom is -0.486 e. The third-order valence-electron chi connectivity index (χ3n) is 3.48. The molecule has 2 aromatic heterocycles. The zero-order valence-corrected chi connectivity index (χ0v) is 15.4. The molecule has 2 heterocycles. The summed E-state index contributed by atoms with van der Waals surface area (Å²) in [7, 11) is 0. The van der Waals surface area contributed by atoms with Gasteiger partial charge in [-0.2, -0.15) is 0 Å². The first-order chi connectivity index (χ1) is 12.0. The highest BCUT2D eigenvalue weighted by Gasteiger charge is 2.13. The SMILES string of the molecule is Cc1cc(C(=O)CSc2n[nH]c(COc3ccc(Cl)cc3)n2)c(C)[nH]1. The molecule has 2 N–H and O–H groups in total. The van der Waals surface area contributed by atoms with Gasteiger partial charge in [0.15, 0.2) is 11.6 Å². The smallest absolute Gasteiger partial charge is 0.208 e. The van der Waals surface area contributed by atoms with Crippen LogP contribution in [0.3, 0.4) is 0 Å². The molecule has 0 fully saturated rings. The Bertz CT molecular complexity index is 873. The summed E-state index contributed by atoms with van der Waals surface area (Å²) in [6.45, 7) is 4.09. The van der Waals surface area contributed by atoms with Crippen LogP contribution in [-0.2, 0) is 6.61 Å². The van der Waals surface area contributed by atoms with Gasteiger partial charge in [-0.3, -0.25) is 9.89 Å². The monoisotopic (exact) mass is 376 g/mol. The van der Waals surface area contributed by atoms with E-state index < -0.39 is 0 Å². The molecule has 0 aliphatic carbocycles. The van der Waals surface area contributed by atoms with Gasteiger partial charge in [-0.05, 0) is 44.2 Å². The number of carbonyl (C=O) groups excluding carboxylic acids is 1. The van der Waals surface area contributed by atoms with E-state index in [4.69, 9.17) is 16.3 Å². The Labute approximate surface area is 154 Å². The number of ether oxygens (including phenoxy) is 1. The van der Waals surface area contributed by atoms with Gasteiger partial charge in [-0.1, -0.05) is 23.4 Å². The lowest BCUT2D eigenvalue weighted by molar-refractivity contribution is 0.102. The number of aryl methyl sites for hydroxylation is 2. The van der Waals surface area contributed by atoms with E-state index in [0.29, 0.717) is 27.3 Å². The molecule has 0 bridgehead atoms. The number of hydrogen-bond donors (Lipinski definition) is 2. The molecule has 0 radical (unpaired) electrons. The summed E-state index contributed by atoms with van der Waals surface area (Å²) < 4.78 is 5.60. The molecule has 0 saturated carbocycles. The number of aromatic nitrogens is 4. The number of nitrogens with one attached hydrogen (secondary N) is 2. The predicted molar refractivity (Wildman–Crippen MR) is 97.5 cm³/mol. The van der Waals surface area contributed by atoms with E-state index in [2.05, 4.69) is 20.2 Å². The van der Waals surface area contributed by atoms with Crippen molar-refractivity contribution >= 4 is 29.1 Å². The van der Waals surface area contributed by atoms with Crippen LogP contribution in [0, 0.1) is 13.8 Å². The van der Waals surface area contributed by atoms with Crippen LogP contribution in [0.4, 0.5) is 0 Å². The molecule has 3 rings (SSSR count). The molecule has 1 aromatic carbocycles. The lowest BCUT2D eigenvalue weighted by Crippen LogP contribution is -2.03. The average molecular weight is 377 g/mol. The summed E-state index contributed by atoms with van der Waals surface area (Å²) in [6, 6.07) is 8.95. The van der Waals surface area contributed by atoms with E-state index in [9.17, 15) is 4.79 Å². The predicted octanol–water partition coefficient (Wildman–Crippen LogP) is 3.96. The van der Waals surface area contributed by atoms with Crippen molar-refractivity contribution in [2.75, 3.05) is 5.75 Å². The number of carbonyl (C=O) groups is 1. The highest BCUT2D eigenvalue weighted by molar-refractivity contribution is 7.99. The molecular weight excluding hydrogens is 360 g/mol. The third kappa shape index (κ3) is 4.64. The standard InChI is InChI=1S/C17H17ClN4O2S/c1-10-7-14(11(2)19-10)15(23)9-25-17-20-16(21-22-17)8-24-13-5-3-12(18)4-6-13/h3-7,19H,8-9H2,1-2H3,(H,20,21,22). The van der Waals surface area contributed by atoms with Crippen LogP contribution in [0.25, 0.3) is 0 Å². The Morgan fingerprint density at radius 3 is 2.72 bits per heavy atom. The maximum Gasteiger partial charge on any atom is 0.208 e. The number of hydrogen-bond acceptors (Lipinski definition) is 5. The number of halogens is 1. The Kier molecular flexibility index (Phi) is 5.45. The van der Waals surface area contributed by atoms with Gasteiger partial charge in [0.05, 0.1) is 5.75 Å². The number of aromatic amines is 2. The number of thioether (sulfide) groups is 1. The first-order valence-electron chi connectivity index (χ1n) is 7.63. The van der Waals surface area contributed by atoms with E-state index in [0.717, 1.165) is 11.4 Å². The Balaban J connectivity index is 1.52. The van der Waals surface area contributed by atoms with Gasteiger partial charge in [0, 0.05) is 22.0 Å². The molecule has 6 nitrogen and oxygen atoms in total. The number of nitrogens with zero attached hydrogens (tertiary/aromatic N) is 2. The fourth-order valence-corrected chi connectivity index (χ4v) is 3.14. The molecular formula is C17H17ClN4O2S. The van der Waals surface area contributed by atoms with Crippen LogP contribution in [0.5, 0.6) is 5.75 Å². The van der Waals surface area contributed by atoms with Gasteiger partial charge in [0.25, 0.3) is 0 Å². The lowest BCUT2D eigenvalue weighted by atomic mass is 10.2. The summed E-state index contributed by atoms with van der Waals surface area (Å²) in [5.41, 5.74) is 2.58. The van der Waals surface area contributed by atoms with Gasteiger partial charge in [0.2, 0.25) is 5.16 Å². The molecule has 130 valence electrons. The quantitative estimate of drug-likeness (QED) is 0.481. The molecule has 0 saturated heterocycles. The topological polar surface area (TPSA) is 83.7 Å². The van der Waals surface area contributed by atoms with Gasteiger partial charge < -0.3 is 9.72 Å². The van der Waals surface area contributed by atoms with Crippen LogP contribution in [0.2, 0.25) is 5.02 Å². The molecule has 0 aliphatic heterocycles. The van der Waals surface area contributed by atoms with Crippen LogP contribution in [0.15, 0.2) is 35.5 Å². The first-order valence-corrected chi connectivity index (χ1v) is 8.99. The summed E-state index contributed by atoms with van der Waals surface area (Å²) >= 11 is 7.13. The molecule has 0 atom stereocenters. The second-order valence-corrected chi connectivity index (χ2v) is 6.89. The number of ketones is 1. The lowest BCUT2D eigenvalue weighted by Gasteiger charge is -2.03. The second-order valence-electron chi connectivity index (χ2n) is 5.51. The minimum atomic E-state index is 0.0515. The number of Topliss-reactive ketones (excluding diaryl/α,β-unsaturated/α-hetero) is 1. The maximum atomic E-state index is 12.3. The summed E-state index contributed by atoms with van der Waals surface area (Å²) in [5.74, 6) is 1.63. The van der Waals surface area contributed by atoms with Crippen molar-refractivity contribution < 1.29 is 9.53 Å². The van der Waals surface area contributed by atoms with Crippen molar-refractivity contribution in [1.82, 2.24) is 20.2 Å². The van der Waals surface area contributed by atoms with E-state index in [1.54, 1.807) is 24.3 Å². The Morgan fingerprint density at radius 2 is 2.04 bits per heavy atom. The number of benzene rings is 1. The van der Waals surface area contributed by atoms with Gasteiger partial charge >= 0.3 is 0 Å². The summed E-state index contributed by atoms with van der Waals surface area (Å²) in [6.07, 6.45) is 0. The van der Waals surface area contributed by atoms with Gasteiger partial charge in [-0.15, -0.1) is 5.10 Å². The van der Waals surface area contributed by atoms with E-state index in [1.165, 1.54) is 11.8 Å². The third-order valence-corrected chi connectivity index (χ3v) is 4.58. The fourth-order valence-electron chi connectivity index (χ4n) is 2.31. The van der Waals surface area contributed by atoms with Crippen molar-refractivity contribution in [2.24, 2.45) is 0 Å². The van der Waals surface area contributed by atoms with E-state index in [1.807, 2.05) is 19.9 Å². The van der Waals surface area contributed by atoms with Crippen LogP contribution in [-0.4, -0.2) is 31.7 Å². The van der Waals surface area contributed by atoms with Crippen LogP contribution in [0.1, 0.15) is 27.6 Å². The van der Waals surface area contributed by atoms with Crippen LogP contribution < -0.4 is 4.74 Å². The van der Waals surface area contributed by atoms with E-state index >= 15 is 0 Å². The molecule has 3 aromatic rings. The van der Waals surface area contributed by atoms with E-state index in [-0.39, 0.29) is 18.1 Å². The molecule has 0 unspecified atom stereocenters. The molecule has 0 amide bonds. The van der Waals surface area contributed by atoms with Crippen molar-refractivity contribution in [3.63, 3.8) is 0 Å². The zero-order valence-electron chi connectivity index (χ0n) is 13.8. The number of H-pyrrole nitrogens is 2. The zero-order chi connectivity index (χ0) is 17.8. The number of rotatable bonds is 7. The van der Waals surface area contributed by atoms with Crippen LogP contribution >= 0.6 is 23.4 Å². The fraction of sp³-hybridized carbons (Fsp3) is 0.235. The summed E-state index contributed by atoms with van der Waals surface area (Å²) in [5, 5.41) is 8.09. The largest absolute Gasteiger partial charge is 0.486 e. The Morgan fingerprint density at radius 1 is 1.28 bits per heavy atom.